The van der Waals surface area contributed by atoms with E-state index >= 15 is 0 Å². The summed E-state index contributed by atoms with van der Waals surface area (Å²) in [5.41, 5.74) is 1.70. The van der Waals surface area contributed by atoms with E-state index in [4.69, 9.17) is 5.41 Å². The largest absolute Gasteiger partial charge is 0.416 e. The number of alkyl halides is 3. The monoisotopic (exact) mass is 487 g/mol. The molecule has 2 aromatic rings. The summed E-state index contributed by atoms with van der Waals surface area (Å²) in [4.78, 5) is 16.9. The molecule has 0 unspecified atom stereocenters. The van der Waals surface area contributed by atoms with Crippen molar-refractivity contribution in [2.75, 3.05) is 0 Å². The average molecular weight is 488 g/mol. The predicted molar refractivity (Wildman–Crippen MR) is 129 cm³/mol. The molecule has 3 heterocycles. The van der Waals surface area contributed by atoms with Crippen LogP contribution in [0.1, 0.15) is 49.2 Å². The molecule has 4 rings (SSSR count). The van der Waals surface area contributed by atoms with Crippen molar-refractivity contribution < 1.29 is 18.0 Å². The van der Waals surface area contributed by atoms with E-state index in [0.717, 1.165) is 30.0 Å². The van der Waals surface area contributed by atoms with Crippen molar-refractivity contribution in [2.45, 2.75) is 46.7 Å². The first-order valence-electron chi connectivity index (χ1n) is 10.9. The third-order valence-electron chi connectivity index (χ3n) is 6.01. The van der Waals surface area contributed by atoms with Crippen LogP contribution in [0, 0.1) is 25.2 Å². The minimum absolute atomic E-state index is 0.0627. The van der Waals surface area contributed by atoms with Gasteiger partial charge in [0.05, 0.1) is 11.1 Å². The van der Waals surface area contributed by atoms with Gasteiger partial charge in [-0.2, -0.15) is 28.3 Å². The Morgan fingerprint density at radius 3 is 2.53 bits per heavy atom. The maximum absolute atomic E-state index is 13.2. The van der Waals surface area contributed by atoms with Gasteiger partial charge in [0.2, 0.25) is 5.17 Å². The zero-order valence-corrected chi connectivity index (χ0v) is 20.0. The number of rotatable bonds is 5. The van der Waals surface area contributed by atoms with Gasteiger partial charge in [0, 0.05) is 23.0 Å². The number of nitrogens with zero attached hydrogens (tertiary/aromatic N) is 4. The number of hydrogen-bond acceptors (Lipinski definition) is 4. The molecule has 0 bridgehead atoms. The van der Waals surface area contributed by atoms with E-state index in [1.165, 1.54) is 22.8 Å². The highest BCUT2D eigenvalue weighted by molar-refractivity contribution is 8.27. The van der Waals surface area contributed by atoms with Gasteiger partial charge in [0.15, 0.2) is 5.84 Å². The number of amidine groups is 2. The molecule has 0 fully saturated rings. The maximum Gasteiger partial charge on any atom is 0.416 e. The van der Waals surface area contributed by atoms with Crippen molar-refractivity contribution >= 4 is 39.8 Å². The Morgan fingerprint density at radius 1 is 1.18 bits per heavy atom. The summed E-state index contributed by atoms with van der Waals surface area (Å²) in [7, 11) is 0. The molecule has 1 amide bonds. The zero-order chi connectivity index (χ0) is 24.8. The number of hydrazone groups is 1. The number of aromatic nitrogens is 1. The highest BCUT2D eigenvalue weighted by Gasteiger charge is 2.37. The third-order valence-corrected chi connectivity index (χ3v) is 7.08. The van der Waals surface area contributed by atoms with Crippen molar-refractivity contribution in [1.29, 1.82) is 5.41 Å². The Hall–Kier alpha value is -3.14. The molecule has 0 radical (unpaired) electrons. The number of amides is 1. The van der Waals surface area contributed by atoms with Crippen molar-refractivity contribution in [1.82, 2.24) is 9.58 Å². The Morgan fingerprint density at radius 2 is 1.88 bits per heavy atom. The first kappa shape index (κ1) is 24.0. The van der Waals surface area contributed by atoms with Gasteiger partial charge in [-0.1, -0.05) is 19.9 Å². The van der Waals surface area contributed by atoms with Gasteiger partial charge in [0.25, 0.3) is 5.91 Å². The summed E-state index contributed by atoms with van der Waals surface area (Å²) in [6.07, 6.45) is -1.09. The Labute approximate surface area is 199 Å². The van der Waals surface area contributed by atoms with Gasteiger partial charge in [0.1, 0.15) is 5.04 Å². The first-order chi connectivity index (χ1) is 16.0. The molecule has 1 N–H and O–H groups in total. The van der Waals surface area contributed by atoms with E-state index in [9.17, 15) is 18.0 Å². The van der Waals surface area contributed by atoms with Crippen LogP contribution in [0.3, 0.4) is 0 Å². The molecule has 1 aromatic carbocycles. The number of hydrogen-bond donors (Lipinski definition) is 1. The molecule has 0 atom stereocenters. The summed E-state index contributed by atoms with van der Waals surface area (Å²) < 4.78 is 41.3. The Balaban J connectivity index is 1.71. The van der Waals surface area contributed by atoms with Gasteiger partial charge in [-0.3, -0.25) is 10.2 Å². The molecule has 10 heteroatoms. The van der Waals surface area contributed by atoms with Crippen LogP contribution in [0.4, 0.5) is 13.2 Å². The fourth-order valence-corrected chi connectivity index (χ4v) is 5.27. The van der Waals surface area contributed by atoms with E-state index in [1.54, 1.807) is 36.6 Å². The number of aryl methyl sites for hydroxylation is 1. The van der Waals surface area contributed by atoms with E-state index < -0.39 is 17.6 Å². The lowest BCUT2D eigenvalue weighted by Crippen LogP contribution is -2.35. The fraction of sp³-hybridized carbons (Fsp3) is 0.333. The Bertz CT molecular complexity index is 1270. The summed E-state index contributed by atoms with van der Waals surface area (Å²) in [5, 5.41) is 15.7. The van der Waals surface area contributed by atoms with E-state index in [-0.39, 0.29) is 17.3 Å². The Kier molecular flexibility index (Phi) is 6.28. The number of halogens is 3. The van der Waals surface area contributed by atoms with Crippen LogP contribution in [0.15, 0.2) is 46.0 Å². The number of nitrogens with one attached hydrogen (secondary N) is 1. The highest BCUT2D eigenvalue weighted by atomic mass is 32.2. The van der Waals surface area contributed by atoms with Crippen LogP contribution >= 0.6 is 11.8 Å². The number of aliphatic imine (C=N–C) groups is 1. The fourth-order valence-electron chi connectivity index (χ4n) is 4.12. The molecule has 2 aliphatic heterocycles. The highest BCUT2D eigenvalue weighted by Crippen LogP contribution is 2.34. The summed E-state index contributed by atoms with van der Waals surface area (Å²) in [6.45, 7) is 7.68. The van der Waals surface area contributed by atoms with E-state index in [2.05, 4.69) is 23.9 Å². The lowest BCUT2D eigenvalue weighted by atomic mass is 10.1. The summed E-state index contributed by atoms with van der Waals surface area (Å²) >= 11 is 1.32. The summed E-state index contributed by atoms with van der Waals surface area (Å²) in [6, 6.07) is 6.87. The van der Waals surface area contributed by atoms with E-state index in [0.29, 0.717) is 27.8 Å². The molecular formula is C24H24F3N5OS. The second kappa shape index (κ2) is 8.90. The van der Waals surface area contributed by atoms with Gasteiger partial charge < -0.3 is 4.57 Å². The minimum atomic E-state index is -4.45. The molecule has 0 aliphatic carbocycles. The molecule has 0 spiro atoms. The van der Waals surface area contributed by atoms with Crippen molar-refractivity contribution in [2.24, 2.45) is 16.0 Å². The SMILES string of the molecule is CCC(CC)C1=NN2C(=N)/C(=C\c3cc(C)n(-c4cccc(C(F)(F)F)c4)c3C)C(=O)N=C2S1. The van der Waals surface area contributed by atoms with Gasteiger partial charge >= 0.3 is 6.18 Å². The maximum atomic E-state index is 13.2. The summed E-state index contributed by atoms with van der Waals surface area (Å²) in [5.74, 6) is -0.360. The average Bonchev–Trinajstić information content (AvgIpc) is 3.32. The first-order valence-corrected chi connectivity index (χ1v) is 11.7. The van der Waals surface area contributed by atoms with Crippen LogP contribution in [0.25, 0.3) is 11.8 Å². The number of benzene rings is 1. The minimum Gasteiger partial charge on any atom is -0.318 e. The molecular weight excluding hydrogens is 463 g/mol. The molecule has 1 aromatic heterocycles. The molecule has 0 saturated carbocycles. The molecule has 2 aliphatic rings. The third kappa shape index (κ3) is 4.22. The normalized spacial score (nSPS) is 17.5. The van der Waals surface area contributed by atoms with Crippen LogP contribution in [-0.2, 0) is 11.0 Å². The van der Waals surface area contributed by atoms with Crippen LogP contribution in [-0.4, -0.2) is 31.5 Å². The van der Waals surface area contributed by atoms with Gasteiger partial charge in [-0.05, 0) is 74.4 Å². The van der Waals surface area contributed by atoms with Crippen LogP contribution in [0.5, 0.6) is 0 Å². The van der Waals surface area contributed by atoms with Crippen molar-refractivity contribution in [3.63, 3.8) is 0 Å². The zero-order valence-electron chi connectivity index (χ0n) is 19.2. The lowest BCUT2D eigenvalue weighted by molar-refractivity contribution is -0.137. The van der Waals surface area contributed by atoms with E-state index in [1.807, 2.05) is 0 Å². The molecule has 178 valence electrons. The number of thioether (sulfide) groups is 1. The van der Waals surface area contributed by atoms with Crippen molar-refractivity contribution in [3.05, 3.63) is 58.4 Å². The van der Waals surface area contributed by atoms with Crippen LogP contribution in [0.2, 0.25) is 0 Å². The standard InChI is InChI=1S/C24H24F3N5OS/c1-5-15(6-2)22-30-32-20(28)19(21(33)29-23(32)34-22)11-16-10-13(3)31(14(16)4)18-9-7-8-17(12-18)24(25,26)27/h7-12,15,28H,5-6H2,1-4H3/b19-11+,28-20?. The van der Waals surface area contributed by atoms with Crippen LogP contribution < -0.4 is 0 Å². The predicted octanol–water partition coefficient (Wildman–Crippen LogP) is 6.17. The quantitative estimate of drug-likeness (QED) is 0.513. The topological polar surface area (TPSA) is 73.8 Å². The number of carbonyl (C=O) groups excluding carboxylic acids is 1. The second-order valence-electron chi connectivity index (χ2n) is 8.18. The van der Waals surface area contributed by atoms with Crippen molar-refractivity contribution in [3.8, 4) is 5.69 Å². The van der Waals surface area contributed by atoms with Gasteiger partial charge in [-0.25, -0.2) is 0 Å². The molecule has 0 saturated heterocycles. The molecule has 6 nitrogen and oxygen atoms in total. The van der Waals surface area contributed by atoms with Gasteiger partial charge in [-0.15, -0.1) is 0 Å². The number of carbonyl (C=O) groups is 1. The number of fused-ring (bicyclic) bond motifs is 1. The molecule has 34 heavy (non-hydrogen) atoms. The lowest BCUT2D eigenvalue weighted by Gasteiger charge is -2.20. The smallest absolute Gasteiger partial charge is 0.318 e. The second-order valence-corrected chi connectivity index (χ2v) is 9.17.